The van der Waals surface area contributed by atoms with Gasteiger partial charge in [0.1, 0.15) is 0 Å². The van der Waals surface area contributed by atoms with E-state index >= 15 is 0 Å². The first-order valence-electron chi connectivity index (χ1n) is 9.50. The number of hydrogen-bond donors (Lipinski definition) is 1. The lowest BCUT2D eigenvalue weighted by Gasteiger charge is -2.13. The summed E-state index contributed by atoms with van der Waals surface area (Å²) in [6.45, 7) is 3.57. The van der Waals surface area contributed by atoms with Gasteiger partial charge in [-0.1, -0.05) is 19.1 Å². The summed E-state index contributed by atoms with van der Waals surface area (Å²) in [5.41, 5.74) is 2.46. The first-order chi connectivity index (χ1) is 14.4. The molecule has 0 aromatic heterocycles. The normalized spacial score (nSPS) is 11.6. The molecule has 2 aromatic carbocycles. The molecule has 1 amide bonds. The number of esters is 1. The molecule has 0 saturated heterocycles. The molecule has 0 fully saturated rings. The van der Waals surface area contributed by atoms with Gasteiger partial charge in [-0.05, 0) is 54.8 Å². The van der Waals surface area contributed by atoms with Crippen LogP contribution in [0.3, 0.4) is 0 Å². The van der Waals surface area contributed by atoms with Gasteiger partial charge >= 0.3 is 5.97 Å². The molecule has 2 rings (SSSR count). The molecule has 0 aliphatic carbocycles. The highest BCUT2D eigenvalue weighted by molar-refractivity contribution is 5.96. The van der Waals surface area contributed by atoms with Crippen LogP contribution in [-0.4, -0.2) is 39.3 Å². The number of carbonyl (C=O) groups is 2. The summed E-state index contributed by atoms with van der Waals surface area (Å²) in [5.74, 6) is 0.330. The molecule has 0 unspecified atom stereocenters. The van der Waals surface area contributed by atoms with Crippen LogP contribution in [0, 0.1) is 0 Å². The van der Waals surface area contributed by atoms with Crippen molar-refractivity contribution in [1.29, 1.82) is 0 Å². The van der Waals surface area contributed by atoms with E-state index in [4.69, 9.17) is 18.9 Å². The lowest BCUT2D eigenvalue weighted by Crippen LogP contribution is -2.29. The van der Waals surface area contributed by atoms with Gasteiger partial charge in [0.2, 0.25) is 5.75 Å². The second-order valence-electron chi connectivity index (χ2n) is 6.41. The highest BCUT2D eigenvalue weighted by atomic mass is 16.5. The molecule has 1 N–H and O–H groups in total. The molecular weight excluding hydrogens is 386 g/mol. The quantitative estimate of drug-likeness (QED) is 0.497. The van der Waals surface area contributed by atoms with Gasteiger partial charge in [-0.3, -0.25) is 4.79 Å². The van der Waals surface area contributed by atoms with Crippen LogP contribution in [0.5, 0.6) is 17.2 Å². The standard InChI is InChI=1S/C23H27NO6/c1-6-16-7-10-18(11-8-16)24-23(26)15(2)30-21(25)12-9-17-13-19(27-3)22(29-5)20(14-17)28-4/h7-15H,6H2,1-5H3,(H,24,26)/b12-9+/t15-/m0/s1. The average molecular weight is 413 g/mol. The maximum Gasteiger partial charge on any atom is 0.331 e. The second kappa shape index (κ2) is 10.9. The Labute approximate surface area is 176 Å². The predicted octanol–water partition coefficient (Wildman–Crippen LogP) is 3.86. The summed E-state index contributed by atoms with van der Waals surface area (Å²) < 4.78 is 21.0. The minimum atomic E-state index is -0.951. The van der Waals surface area contributed by atoms with Crippen molar-refractivity contribution in [2.45, 2.75) is 26.4 Å². The van der Waals surface area contributed by atoms with E-state index in [-0.39, 0.29) is 0 Å². The van der Waals surface area contributed by atoms with Gasteiger partial charge in [-0.2, -0.15) is 0 Å². The Morgan fingerprint density at radius 3 is 2.10 bits per heavy atom. The molecular formula is C23H27NO6. The lowest BCUT2D eigenvalue weighted by atomic mass is 10.1. The van der Waals surface area contributed by atoms with E-state index in [9.17, 15) is 9.59 Å². The van der Waals surface area contributed by atoms with Crippen molar-refractivity contribution in [3.8, 4) is 17.2 Å². The van der Waals surface area contributed by atoms with Crippen LogP contribution in [0.15, 0.2) is 42.5 Å². The smallest absolute Gasteiger partial charge is 0.331 e. The number of methoxy groups -OCH3 is 3. The zero-order chi connectivity index (χ0) is 22.1. The third-order valence-electron chi connectivity index (χ3n) is 4.39. The summed E-state index contributed by atoms with van der Waals surface area (Å²) >= 11 is 0. The number of anilines is 1. The van der Waals surface area contributed by atoms with E-state index in [0.29, 0.717) is 28.5 Å². The van der Waals surface area contributed by atoms with E-state index in [2.05, 4.69) is 12.2 Å². The van der Waals surface area contributed by atoms with E-state index in [1.165, 1.54) is 39.9 Å². The molecule has 7 nitrogen and oxygen atoms in total. The second-order valence-corrected chi connectivity index (χ2v) is 6.41. The Bertz CT molecular complexity index is 879. The van der Waals surface area contributed by atoms with Crippen molar-refractivity contribution in [2.24, 2.45) is 0 Å². The van der Waals surface area contributed by atoms with Crippen LogP contribution in [-0.2, 0) is 20.7 Å². The van der Waals surface area contributed by atoms with Gasteiger partial charge < -0.3 is 24.3 Å². The fourth-order valence-electron chi connectivity index (χ4n) is 2.70. The summed E-state index contributed by atoms with van der Waals surface area (Å²) in [6, 6.07) is 10.9. The summed E-state index contributed by atoms with van der Waals surface area (Å²) in [7, 11) is 4.53. The molecule has 30 heavy (non-hydrogen) atoms. The molecule has 0 heterocycles. The highest BCUT2D eigenvalue weighted by Crippen LogP contribution is 2.38. The summed E-state index contributed by atoms with van der Waals surface area (Å²) in [4.78, 5) is 24.4. The van der Waals surface area contributed by atoms with Gasteiger partial charge in [-0.25, -0.2) is 4.79 Å². The molecule has 7 heteroatoms. The molecule has 160 valence electrons. The molecule has 2 aromatic rings. The third-order valence-corrected chi connectivity index (χ3v) is 4.39. The van der Waals surface area contributed by atoms with Crippen molar-refractivity contribution >= 4 is 23.6 Å². The Kier molecular flexibility index (Phi) is 8.29. The van der Waals surface area contributed by atoms with Crippen LogP contribution >= 0.6 is 0 Å². The van der Waals surface area contributed by atoms with Crippen LogP contribution < -0.4 is 19.5 Å². The topological polar surface area (TPSA) is 83.1 Å². The van der Waals surface area contributed by atoms with E-state index < -0.39 is 18.0 Å². The van der Waals surface area contributed by atoms with Gasteiger partial charge in [0.05, 0.1) is 21.3 Å². The van der Waals surface area contributed by atoms with E-state index in [0.717, 1.165) is 6.42 Å². The van der Waals surface area contributed by atoms with Crippen LogP contribution in [0.4, 0.5) is 5.69 Å². The monoisotopic (exact) mass is 413 g/mol. The average Bonchev–Trinajstić information content (AvgIpc) is 2.77. The number of aryl methyl sites for hydroxylation is 1. The minimum absolute atomic E-state index is 0.409. The Morgan fingerprint density at radius 1 is 1.00 bits per heavy atom. The van der Waals surface area contributed by atoms with Gasteiger partial charge in [-0.15, -0.1) is 0 Å². The van der Waals surface area contributed by atoms with Gasteiger partial charge in [0, 0.05) is 11.8 Å². The van der Waals surface area contributed by atoms with Crippen LogP contribution in [0.2, 0.25) is 0 Å². The van der Waals surface area contributed by atoms with Crippen molar-refractivity contribution in [1.82, 2.24) is 0 Å². The zero-order valence-corrected chi connectivity index (χ0v) is 17.9. The maximum absolute atomic E-state index is 12.3. The van der Waals surface area contributed by atoms with Crippen molar-refractivity contribution < 1.29 is 28.5 Å². The summed E-state index contributed by atoms with van der Waals surface area (Å²) in [6.07, 6.45) is 2.75. The van der Waals surface area contributed by atoms with Crippen molar-refractivity contribution in [3.63, 3.8) is 0 Å². The largest absolute Gasteiger partial charge is 0.493 e. The molecule has 1 atom stereocenters. The Balaban J connectivity index is 2.00. The van der Waals surface area contributed by atoms with Gasteiger partial charge in [0.15, 0.2) is 17.6 Å². The lowest BCUT2D eigenvalue weighted by molar-refractivity contribution is -0.148. The predicted molar refractivity (Wildman–Crippen MR) is 115 cm³/mol. The molecule has 0 aliphatic rings. The molecule has 0 saturated carbocycles. The minimum Gasteiger partial charge on any atom is -0.493 e. The number of ether oxygens (including phenoxy) is 4. The Hall–Kier alpha value is -3.48. The number of nitrogens with one attached hydrogen (secondary N) is 1. The van der Waals surface area contributed by atoms with Crippen molar-refractivity contribution in [2.75, 3.05) is 26.6 Å². The summed E-state index contributed by atoms with van der Waals surface area (Å²) in [5, 5.41) is 2.73. The number of carbonyl (C=O) groups excluding carboxylic acids is 2. The fraction of sp³-hybridized carbons (Fsp3) is 0.304. The Morgan fingerprint density at radius 2 is 1.60 bits per heavy atom. The first-order valence-corrected chi connectivity index (χ1v) is 9.50. The van der Waals surface area contributed by atoms with E-state index in [1.54, 1.807) is 18.2 Å². The molecule has 0 radical (unpaired) electrons. The SMILES string of the molecule is CCc1ccc(NC(=O)[C@H](C)OC(=O)/C=C/c2cc(OC)c(OC)c(OC)c2)cc1. The van der Waals surface area contributed by atoms with E-state index in [1.807, 2.05) is 24.3 Å². The molecule has 0 aliphatic heterocycles. The maximum atomic E-state index is 12.3. The first kappa shape index (κ1) is 22.8. The number of rotatable bonds is 9. The fourth-order valence-corrected chi connectivity index (χ4v) is 2.70. The zero-order valence-electron chi connectivity index (χ0n) is 17.9. The van der Waals surface area contributed by atoms with Gasteiger partial charge in [0.25, 0.3) is 5.91 Å². The molecule has 0 spiro atoms. The van der Waals surface area contributed by atoms with Crippen LogP contribution in [0.1, 0.15) is 25.0 Å². The number of amides is 1. The highest BCUT2D eigenvalue weighted by Gasteiger charge is 2.17. The number of hydrogen-bond acceptors (Lipinski definition) is 6. The molecule has 0 bridgehead atoms. The third kappa shape index (κ3) is 6.01. The van der Waals surface area contributed by atoms with Crippen LogP contribution in [0.25, 0.3) is 6.08 Å². The van der Waals surface area contributed by atoms with Crippen molar-refractivity contribution in [3.05, 3.63) is 53.6 Å². The number of benzene rings is 2.